The van der Waals surface area contributed by atoms with Crippen LogP contribution in [0.1, 0.15) is 6.42 Å². The predicted molar refractivity (Wildman–Crippen MR) is 28.5 cm³/mol. The molecule has 7 heavy (non-hydrogen) atoms. The molecule has 1 fully saturated rings. The predicted octanol–water partition coefficient (Wildman–Crippen LogP) is 0.389. The second-order valence-electron chi connectivity index (χ2n) is 1.75. The van der Waals surface area contributed by atoms with Crippen molar-refractivity contribution >= 4 is 18.6 Å². The molecule has 0 aromatic heterocycles. The van der Waals surface area contributed by atoms with Gasteiger partial charge in [0.15, 0.2) is 0 Å². The van der Waals surface area contributed by atoms with Crippen molar-refractivity contribution < 1.29 is 9.90 Å². The maximum Gasteiger partial charge on any atom is 0.307 e. The Labute approximate surface area is 46.9 Å². The molecule has 2 atom stereocenters. The fourth-order valence-corrected chi connectivity index (χ4v) is 0.802. The van der Waals surface area contributed by atoms with Gasteiger partial charge in [0, 0.05) is 5.25 Å². The van der Waals surface area contributed by atoms with Crippen LogP contribution < -0.4 is 0 Å². The summed E-state index contributed by atoms with van der Waals surface area (Å²) in [7, 11) is 0. The Morgan fingerprint density at radius 1 is 1.86 bits per heavy atom. The van der Waals surface area contributed by atoms with E-state index in [1.807, 2.05) is 0 Å². The highest BCUT2D eigenvalue weighted by Gasteiger charge is 2.40. The molecular formula is C4H6O2S. The monoisotopic (exact) mass is 118 g/mol. The van der Waals surface area contributed by atoms with E-state index in [1.165, 1.54) is 0 Å². The van der Waals surface area contributed by atoms with Gasteiger partial charge in [0.1, 0.15) is 0 Å². The van der Waals surface area contributed by atoms with Crippen LogP contribution in [-0.4, -0.2) is 16.3 Å². The fourth-order valence-electron chi connectivity index (χ4n) is 0.447. The van der Waals surface area contributed by atoms with Gasteiger partial charge in [-0.3, -0.25) is 4.79 Å². The molecular weight excluding hydrogens is 112 g/mol. The average molecular weight is 118 g/mol. The van der Waals surface area contributed by atoms with Gasteiger partial charge in [-0.05, 0) is 6.42 Å². The second-order valence-corrected chi connectivity index (χ2v) is 2.41. The summed E-state index contributed by atoms with van der Waals surface area (Å²) in [5.41, 5.74) is 0. The maximum absolute atomic E-state index is 9.92. The number of rotatable bonds is 1. The standard InChI is InChI=1S/C4H6O2S/c5-4(6)2-1-3(2)7/h2-3,7H,1H2,(H,5,6). The van der Waals surface area contributed by atoms with Gasteiger partial charge in [0.05, 0.1) is 5.92 Å². The quantitative estimate of drug-likeness (QED) is 0.489. The van der Waals surface area contributed by atoms with E-state index in [0.717, 1.165) is 6.42 Å². The van der Waals surface area contributed by atoms with E-state index in [2.05, 4.69) is 12.6 Å². The van der Waals surface area contributed by atoms with Crippen LogP contribution in [0.5, 0.6) is 0 Å². The molecule has 0 spiro atoms. The smallest absolute Gasteiger partial charge is 0.307 e. The maximum atomic E-state index is 9.92. The van der Waals surface area contributed by atoms with Gasteiger partial charge in [-0.25, -0.2) is 0 Å². The van der Waals surface area contributed by atoms with Crippen LogP contribution in [0.4, 0.5) is 0 Å². The van der Waals surface area contributed by atoms with Crippen molar-refractivity contribution in [2.24, 2.45) is 5.92 Å². The average Bonchev–Trinajstić information content (AvgIpc) is 2.17. The van der Waals surface area contributed by atoms with Crippen molar-refractivity contribution in [3.63, 3.8) is 0 Å². The molecule has 2 unspecified atom stereocenters. The topological polar surface area (TPSA) is 37.3 Å². The summed E-state index contributed by atoms with van der Waals surface area (Å²) in [5, 5.41) is 8.31. The molecule has 0 bridgehead atoms. The molecule has 3 heteroatoms. The van der Waals surface area contributed by atoms with Crippen LogP contribution in [0, 0.1) is 5.92 Å². The highest BCUT2D eigenvalue weighted by atomic mass is 32.1. The minimum absolute atomic E-state index is 0.137. The van der Waals surface area contributed by atoms with Crippen LogP contribution in [0.15, 0.2) is 0 Å². The largest absolute Gasteiger partial charge is 0.481 e. The van der Waals surface area contributed by atoms with Crippen LogP contribution in [0.25, 0.3) is 0 Å². The molecule has 1 aliphatic rings. The van der Waals surface area contributed by atoms with Gasteiger partial charge in [-0.2, -0.15) is 12.6 Å². The summed E-state index contributed by atoms with van der Waals surface area (Å²) >= 11 is 3.93. The molecule has 0 saturated heterocycles. The van der Waals surface area contributed by atoms with E-state index in [1.54, 1.807) is 0 Å². The molecule has 2 nitrogen and oxygen atoms in total. The van der Waals surface area contributed by atoms with Crippen LogP contribution in [0.2, 0.25) is 0 Å². The molecule has 1 N–H and O–H groups in total. The molecule has 0 amide bonds. The van der Waals surface area contributed by atoms with E-state index >= 15 is 0 Å². The summed E-state index contributed by atoms with van der Waals surface area (Å²) in [5.74, 6) is -0.858. The Morgan fingerprint density at radius 3 is 2.29 bits per heavy atom. The van der Waals surface area contributed by atoms with Gasteiger partial charge in [-0.15, -0.1) is 0 Å². The normalized spacial score (nSPS) is 37.9. The lowest BCUT2D eigenvalue weighted by atomic mass is 10.4. The molecule has 0 aromatic carbocycles. The lowest BCUT2D eigenvalue weighted by Gasteiger charge is -1.79. The molecule has 0 radical (unpaired) electrons. The van der Waals surface area contributed by atoms with E-state index < -0.39 is 5.97 Å². The van der Waals surface area contributed by atoms with Crippen molar-refractivity contribution in [1.82, 2.24) is 0 Å². The van der Waals surface area contributed by atoms with Crippen molar-refractivity contribution in [2.75, 3.05) is 0 Å². The van der Waals surface area contributed by atoms with Gasteiger partial charge in [-0.1, -0.05) is 0 Å². The highest BCUT2D eigenvalue weighted by molar-refractivity contribution is 7.81. The van der Waals surface area contributed by atoms with Gasteiger partial charge in [0.2, 0.25) is 0 Å². The third-order valence-electron chi connectivity index (χ3n) is 1.07. The Balaban J connectivity index is 2.33. The zero-order valence-corrected chi connectivity index (χ0v) is 4.56. The minimum Gasteiger partial charge on any atom is -0.481 e. The van der Waals surface area contributed by atoms with Crippen molar-refractivity contribution in [3.05, 3.63) is 0 Å². The third kappa shape index (κ3) is 0.881. The number of carboxylic acid groups (broad SMARTS) is 1. The van der Waals surface area contributed by atoms with E-state index in [-0.39, 0.29) is 11.2 Å². The Kier molecular flexibility index (Phi) is 0.995. The second kappa shape index (κ2) is 1.40. The summed E-state index contributed by atoms with van der Waals surface area (Å²) in [6.07, 6.45) is 0.748. The summed E-state index contributed by atoms with van der Waals surface area (Å²) in [6, 6.07) is 0. The van der Waals surface area contributed by atoms with Crippen LogP contribution >= 0.6 is 12.6 Å². The number of aliphatic carboxylic acids is 1. The number of hydrogen-bond acceptors (Lipinski definition) is 2. The number of carboxylic acids is 1. The lowest BCUT2D eigenvalue weighted by molar-refractivity contribution is -0.138. The number of thiol groups is 1. The molecule has 0 aliphatic heterocycles. The van der Waals surface area contributed by atoms with E-state index in [4.69, 9.17) is 5.11 Å². The number of carbonyl (C=O) groups is 1. The van der Waals surface area contributed by atoms with Crippen molar-refractivity contribution in [2.45, 2.75) is 11.7 Å². The molecule has 1 aliphatic carbocycles. The number of hydrogen-bond donors (Lipinski definition) is 2. The molecule has 1 saturated carbocycles. The van der Waals surface area contributed by atoms with Crippen molar-refractivity contribution in [3.8, 4) is 0 Å². The summed E-state index contributed by atoms with van der Waals surface area (Å²) in [4.78, 5) is 9.92. The third-order valence-corrected chi connectivity index (χ3v) is 1.64. The molecule has 0 heterocycles. The van der Waals surface area contributed by atoms with E-state index in [9.17, 15) is 4.79 Å². The van der Waals surface area contributed by atoms with Crippen molar-refractivity contribution in [1.29, 1.82) is 0 Å². The van der Waals surface area contributed by atoms with Gasteiger partial charge >= 0.3 is 5.97 Å². The Hall–Kier alpha value is -0.180. The molecule has 1 rings (SSSR count). The summed E-state index contributed by atoms with van der Waals surface area (Å²) < 4.78 is 0. The zero-order valence-electron chi connectivity index (χ0n) is 3.66. The lowest BCUT2D eigenvalue weighted by Crippen LogP contribution is -1.98. The van der Waals surface area contributed by atoms with Gasteiger partial charge < -0.3 is 5.11 Å². The Bertz CT molecular complexity index is 102. The first-order valence-electron chi connectivity index (χ1n) is 2.12. The first-order valence-corrected chi connectivity index (χ1v) is 2.64. The zero-order chi connectivity index (χ0) is 5.44. The minimum atomic E-state index is -0.708. The molecule has 40 valence electrons. The van der Waals surface area contributed by atoms with E-state index in [0.29, 0.717) is 0 Å². The highest BCUT2D eigenvalue weighted by Crippen LogP contribution is 2.35. The Morgan fingerprint density at radius 2 is 2.29 bits per heavy atom. The first kappa shape index (κ1) is 4.97. The van der Waals surface area contributed by atoms with Crippen LogP contribution in [-0.2, 0) is 4.79 Å². The fraction of sp³-hybridized carbons (Fsp3) is 0.750. The molecule has 0 aromatic rings. The van der Waals surface area contributed by atoms with Crippen LogP contribution in [0.3, 0.4) is 0 Å². The summed E-state index contributed by atoms with van der Waals surface area (Å²) in [6.45, 7) is 0. The first-order chi connectivity index (χ1) is 3.22. The SMILES string of the molecule is O=C(O)C1CC1S. The van der Waals surface area contributed by atoms with Gasteiger partial charge in [0.25, 0.3) is 0 Å².